The monoisotopic (exact) mass is 513 g/mol. The predicted molar refractivity (Wildman–Crippen MR) is 134 cm³/mol. The van der Waals surface area contributed by atoms with Gasteiger partial charge in [0.05, 0.1) is 22.5 Å². The summed E-state index contributed by atoms with van der Waals surface area (Å²) < 4.78 is 19.8. The number of amides is 3. The van der Waals surface area contributed by atoms with Gasteiger partial charge in [0.25, 0.3) is 0 Å². The third-order valence-corrected chi connectivity index (χ3v) is 6.54. The van der Waals surface area contributed by atoms with Crippen LogP contribution in [0.25, 0.3) is 22.3 Å². The van der Waals surface area contributed by atoms with Crippen LogP contribution < -0.4 is 10.7 Å². The number of aromatic nitrogens is 3. The summed E-state index contributed by atoms with van der Waals surface area (Å²) in [6, 6.07) is 3.20. The van der Waals surface area contributed by atoms with Gasteiger partial charge in [-0.1, -0.05) is 31.5 Å². The van der Waals surface area contributed by atoms with E-state index in [0.717, 1.165) is 5.57 Å². The Morgan fingerprint density at radius 2 is 2.11 bits per heavy atom. The number of hydrogen-bond acceptors (Lipinski definition) is 7. The molecule has 0 aliphatic carbocycles. The van der Waals surface area contributed by atoms with E-state index in [1.807, 2.05) is 26.8 Å². The Balaban J connectivity index is 1.64. The molecule has 36 heavy (non-hydrogen) atoms. The minimum atomic E-state index is -0.662. The molecule has 0 bridgehead atoms. The molecule has 3 heterocycles. The molecule has 2 atom stereocenters. The first kappa shape index (κ1) is 25.2. The lowest BCUT2D eigenvalue weighted by Crippen LogP contribution is -2.56. The smallest absolute Gasteiger partial charge is 0.313 e. The third kappa shape index (κ3) is 4.78. The molecule has 2 unspecified atom stereocenters. The van der Waals surface area contributed by atoms with Crippen LogP contribution in [-0.4, -0.2) is 50.4 Å². The molecule has 12 heteroatoms. The largest absolute Gasteiger partial charge is 0.322 e. The predicted octanol–water partition coefficient (Wildman–Crippen LogP) is 4.92. The van der Waals surface area contributed by atoms with Gasteiger partial charge in [-0.15, -0.1) is 0 Å². The molecule has 10 nitrogen and oxygen atoms in total. The molecule has 1 aliphatic heterocycles. The fourth-order valence-electron chi connectivity index (χ4n) is 4.48. The number of hydrazone groups is 1. The lowest BCUT2D eigenvalue weighted by molar-refractivity contribution is -0.109. The minimum Gasteiger partial charge on any atom is -0.313 e. The molecular formula is C24H25ClFN7O3. The Labute approximate surface area is 211 Å². The summed E-state index contributed by atoms with van der Waals surface area (Å²) >= 11 is 6.47. The number of nitrogens with one attached hydrogen (secondary N) is 2. The molecule has 2 aromatic heterocycles. The average Bonchev–Trinajstić information content (AvgIpc) is 3.36. The van der Waals surface area contributed by atoms with Gasteiger partial charge in [-0.25, -0.2) is 24.2 Å². The molecule has 188 valence electrons. The number of pyridine rings is 1. The highest BCUT2D eigenvalue weighted by atomic mass is 35.5. The fraction of sp³-hybridized carbons (Fsp3) is 0.333. The van der Waals surface area contributed by atoms with Crippen molar-refractivity contribution in [2.45, 2.75) is 52.1 Å². The first-order chi connectivity index (χ1) is 17.4. The van der Waals surface area contributed by atoms with E-state index in [9.17, 15) is 9.59 Å². The van der Waals surface area contributed by atoms with Crippen LogP contribution in [0.5, 0.6) is 0 Å². The molecule has 1 fully saturated rings. The highest BCUT2D eigenvalue weighted by Gasteiger charge is 2.39. The van der Waals surface area contributed by atoms with Crippen molar-refractivity contribution < 1.29 is 18.6 Å². The number of anilines is 1. The van der Waals surface area contributed by atoms with Crippen LogP contribution in [0.1, 0.15) is 40.0 Å². The highest BCUT2D eigenvalue weighted by molar-refractivity contribution is 6.33. The van der Waals surface area contributed by atoms with Crippen LogP contribution in [0.15, 0.2) is 45.8 Å². The second kappa shape index (κ2) is 10.8. The zero-order valence-corrected chi connectivity index (χ0v) is 20.7. The molecule has 1 aliphatic rings. The van der Waals surface area contributed by atoms with E-state index in [1.165, 1.54) is 18.3 Å². The zero-order valence-electron chi connectivity index (χ0n) is 20.0. The number of urea groups is 1. The third-order valence-electron chi connectivity index (χ3n) is 6.23. The molecule has 3 aromatic rings. The van der Waals surface area contributed by atoms with Crippen molar-refractivity contribution in [2.24, 2.45) is 5.10 Å². The van der Waals surface area contributed by atoms with E-state index in [4.69, 9.17) is 11.6 Å². The number of rotatable bonds is 6. The first-order valence-corrected chi connectivity index (χ1v) is 11.9. The van der Waals surface area contributed by atoms with Crippen LogP contribution >= 0.6 is 11.6 Å². The second-order valence-electron chi connectivity index (χ2n) is 8.23. The maximum absolute atomic E-state index is 15.2. The summed E-state index contributed by atoms with van der Waals surface area (Å²) in [5, 5.41) is 14.5. The second-order valence-corrected chi connectivity index (χ2v) is 8.64. The Morgan fingerprint density at radius 1 is 1.31 bits per heavy atom. The van der Waals surface area contributed by atoms with E-state index < -0.39 is 17.9 Å². The first-order valence-electron chi connectivity index (χ1n) is 11.5. The van der Waals surface area contributed by atoms with Crippen molar-refractivity contribution in [1.82, 2.24) is 25.6 Å². The number of halogens is 2. The Hall–Kier alpha value is -3.86. The van der Waals surface area contributed by atoms with Crippen LogP contribution in [0.2, 0.25) is 5.02 Å². The Kier molecular flexibility index (Phi) is 7.58. The molecule has 1 aromatic carbocycles. The van der Waals surface area contributed by atoms with Crippen LogP contribution in [0.4, 0.5) is 14.9 Å². The van der Waals surface area contributed by atoms with E-state index >= 15 is 4.39 Å². The number of benzene rings is 1. The van der Waals surface area contributed by atoms with E-state index in [1.54, 1.807) is 11.0 Å². The van der Waals surface area contributed by atoms with Gasteiger partial charge >= 0.3 is 6.03 Å². The number of allylic oxidation sites excluding steroid dienone is 1. The average molecular weight is 514 g/mol. The molecule has 0 spiro atoms. The quantitative estimate of drug-likeness (QED) is 0.356. The summed E-state index contributed by atoms with van der Waals surface area (Å²) in [5.74, 6) is -0.662. The number of carbonyl (C=O) groups excluding carboxylic acids is 2. The van der Waals surface area contributed by atoms with Gasteiger partial charge in [-0.3, -0.25) is 4.79 Å². The molecule has 0 saturated carbocycles. The maximum atomic E-state index is 15.2. The molecule has 4 rings (SSSR count). The highest BCUT2D eigenvalue weighted by Crippen LogP contribution is 2.34. The minimum absolute atomic E-state index is 0.0584. The Bertz CT molecular complexity index is 1360. The molecule has 1 saturated heterocycles. The van der Waals surface area contributed by atoms with E-state index in [2.05, 4.69) is 35.8 Å². The van der Waals surface area contributed by atoms with Gasteiger partial charge in [-0.2, -0.15) is 5.10 Å². The van der Waals surface area contributed by atoms with Crippen molar-refractivity contribution in [3.63, 3.8) is 0 Å². The van der Waals surface area contributed by atoms with Gasteiger partial charge in [0.2, 0.25) is 12.1 Å². The van der Waals surface area contributed by atoms with Crippen LogP contribution in [-0.2, 0) is 4.79 Å². The molecule has 0 radical (unpaired) electrons. The van der Waals surface area contributed by atoms with Crippen molar-refractivity contribution >= 4 is 46.6 Å². The van der Waals surface area contributed by atoms with E-state index in [-0.39, 0.29) is 16.8 Å². The number of nitrogens with zero attached hydrogens (tertiary/aromatic N) is 5. The topological polar surface area (TPSA) is 126 Å². The SMILES string of the molecule is C/C=C1/CC(CC)N(C(=O)Nc2cc(Cl)c(-c3cnc4nonc4c3)cc2F)C(CC)/C1=N/NC=O. The van der Waals surface area contributed by atoms with Crippen molar-refractivity contribution in [3.8, 4) is 11.1 Å². The fourth-order valence-corrected chi connectivity index (χ4v) is 4.75. The van der Waals surface area contributed by atoms with Gasteiger partial charge < -0.3 is 10.2 Å². The summed E-state index contributed by atoms with van der Waals surface area (Å²) in [6.07, 6.45) is 5.70. The summed E-state index contributed by atoms with van der Waals surface area (Å²) in [4.78, 5) is 30.1. The number of hydrogen-bond donors (Lipinski definition) is 2. The van der Waals surface area contributed by atoms with Crippen molar-refractivity contribution in [1.29, 1.82) is 0 Å². The van der Waals surface area contributed by atoms with Crippen molar-refractivity contribution in [2.75, 3.05) is 5.32 Å². The van der Waals surface area contributed by atoms with Crippen molar-refractivity contribution in [3.05, 3.63) is 46.9 Å². The molecule has 2 N–H and O–H groups in total. The number of carbonyl (C=O) groups is 2. The zero-order chi connectivity index (χ0) is 25.8. The van der Waals surface area contributed by atoms with E-state index in [0.29, 0.717) is 53.7 Å². The Morgan fingerprint density at radius 3 is 2.81 bits per heavy atom. The van der Waals surface area contributed by atoms with Gasteiger partial charge in [-0.05, 0) is 60.3 Å². The number of fused-ring (bicyclic) bond motifs is 1. The van der Waals surface area contributed by atoms with Gasteiger partial charge in [0.1, 0.15) is 5.82 Å². The number of likely N-dealkylation sites (tertiary alicyclic amines) is 1. The lowest BCUT2D eigenvalue weighted by atomic mass is 9.86. The van der Waals surface area contributed by atoms with Gasteiger partial charge in [0.15, 0.2) is 5.52 Å². The maximum Gasteiger partial charge on any atom is 0.322 e. The normalized spacial score (nSPS) is 20.2. The van der Waals surface area contributed by atoms with Crippen LogP contribution in [0, 0.1) is 5.82 Å². The van der Waals surface area contributed by atoms with Crippen LogP contribution in [0.3, 0.4) is 0 Å². The molecular weight excluding hydrogens is 489 g/mol. The van der Waals surface area contributed by atoms with Gasteiger partial charge in [0, 0.05) is 23.4 Å². The lowest BCUT2D eigenvalue weighted by Gasteiger charge is -2.43. The summed E-state index contributed by atoms with van der Waals surface area (Å²) in [5.41, 5.74) is 5.49. The standard InChI is InChI=1S/C24H25ClFN7O3/c1-4-13-7-15(5-2)33(21(6-3)22(13)30-28-12-34)24(35)29-19-10-17(25)16(9-18(19)26)14-8-20-23(27-11-14)32-36-31-20/h4,8-12,15,21H,5-7H2,1-3H3,(H,28,34)(H,29,35)/b13-4-,30-22+. The summed E-state index contributed by atoms with van der Waals surface area (Å²) in [7, 11) is 0. The molecule has 3 amide bonds. The summed E-state index contributed by atoms with van der Waals surface area (Å²) in [6.45, 7) is 5.80. The number of piperidine rings is 1.